The van der Waals surface area contributed by atoms with Gasteiger partial charge in [-0.3, -0.25) is 19.2 Å². The van der Waals surface area contributed by atoms with Crippen LogP contribution in [0.15, 0.2) is 166 Å². The zero-order chi connectivity index (χ0) is 56.0. The number of nitrogens with zero attached hydrogens (tertiary/aromatic N) is 2. The Morgan fingerprint density at radius 1 is 0.440 bits per heavy atom. The van der Waals surface area contributed by atoms with E-state index in [-0.39, 0.29) is 83.8 Å². The van der Waals surface area contributed by atoms with Gasteiger partial charge in [-0.05, 0) is 116 Å². The Morgan fingerprint density at radius 3 is 0.880 bits per heavy atom. The van der Waals surface area contributed by atoms with E-state index in [1.54, 1.807) is 21.5 Å². The van der Waals surface area contributed by atoms with Gasteiger partial charge in [0.2, 0.25) is 0 Å². The van der Waals surface area contributed by atoms with Crippen molar-refractivity contribution < 1.29 is 137 Å². The molecule has 5 aromatic heterocycles. The quantitative estimate of drug-likeness (QED) is 0.0403. The van der Waals surface area contributed by atoms with Crippen LogP contribution in [0.5, 0.6) is 0 Å². The van der Waals surface area contributed by atoms with Crippen LogP contribution >= 0.6 is 45.3 Å². The summed E-state index contributed by atoms with van der Waals surface area (Å²) in [7, 11) is 6.12. The predicted octanol–water partition coefficient (Wildman–Crippen LogP) is 9.70. The second-order valence-electron chi connectivity index (χ2n) is 14.0. The molecule has 0 unspecified atom stereocenters. The van der Waals surface area contributed by atoms with Gasteiger partial charge in [0.25, 0.3) is 0 Å². The summed E-state index contributed by atoms with van der Waals surface area (Å²) in [5.41, 5.74) is 3.65. The number of carbonyl (C=O) groups is 4. The van der Waals surface area contributed by atoms with Crippen molar-refractivity contribution in [2.75, 3.05) is 19.0 Å². The van der Waals surface area contributed by atoms with Crippen molar-refractivity contribution in [3.63, 3.8) is 0 Å². The number of pyridine rings is 1. The number of rotatable bonds is 11. The molecular formula is C48H35F12GdN2O8S4. The van der Waals surface area contributed by atoms with Crippen molar-refractivity contribution in [3.05, 3.63) is 197 Å². The number of aromatic nitrogens is 1. The SMILES string of the molecule is CN(C)c1ccc(/C=C/c2cc[n+](C)cc2)cc1.O=C(/C=C(\[O-])C(F)(F)F)c1cccs1.O=C(/C=C(\[O-])C(F)(F)F)c1cccs1.O=C(/C=C(\[O-])C(F)(F)F)c1cccs1.O=C(/C=C(\[O-])C(F)(F)F)c1cccs1.[Gd+3]. The normalized spacial score (nSPS) is 12.3. The predicted molar refractivity (Wildman–Crippen MR) is 248 cm³/mol. The average Bonchev–Trinajstić information content (AvgIpc) is 4.17. The zero-order valence-electron chi connectivity index (χ0n) is 38.2. The monoisotopic (exact) mass is 1280 g/mol. The summed E-state index contributed by atoms with van der Waals surface area (Å²) >= 11 is 3.93. The molecule has 0 aliphatic rings. The van der Waals surface area contributed by atoms with Gasteiger partial charge in [-0.15, -0.1) is 45.3 Å². The standard InChI is InChI=1S/C16H19N2.4C8H5F3O2S.Gd/c1-17(2)16-8-6-14(7-9-16)4-5-15-10-12-18(3)13-11-15;4*9-8(10,11)7(13)4-5(12)6-2-1-3-14-6;/h4-13H,1-3H3;4*1-4,13H;/q+1;;;;;+3/p-4/b;4*7-4-;. The first-order valence-corrected chi connectivity index (χ1v) is 23.4. The van der Waals surface area contributed by atoms with E-state index in [0.29, 0.717) is 0 Å². The van der Waals surface area contributed by atoms with Crippen LogP contribution in [0.3, 0.4) is 0 Å². The number of alkyl halides is 12. The van der Waals surface area contributed by atoms with Crippen molar-refractivity contribution in [2.24, 2.45) is 7.05 Å². The van der Waals surface area contributed by atoms with Crippen LogP contribution in [-0.2, 0) is 7.05 Å². The fraction of sp³-hybridized carbons (Fsp3) is 0.146. The molecule has 0 aliphatic carbocycles. The molecule has 6 rings (SSSR count). The molecule has 0 aliphatic heterocycles. The molecule has 0 spiro atoms. The Balaban J connectivity index is 0.000000469. The van der Waals surface area contributed by atoms with E-state index in [1.807, 2.05) is 11.6 Å². The fourth-order valence-corrected chi connectivity index (χ4v) is 7.01. The number of benzene rings is 1. The Hall–Kier alpha value is -5.97. The molecule has 1 aromatic carbocycles. The number of thiophene rings is 4. The molecule has 0 amide bonds. The van der Waals surface area contributed by atoms with Gasteiger partial charge in [0.15, 0.2) is 35.5 Å². The molecule has 0 atom stereocenters. The van der Waals surface area contributed by atoms with Gasteiger partial charge in [-0.25, -0.2) is 4.57 Å². The Morgan fingerprint density at radius 2 is 0.680 bits per heavy atom. The topological polar surface area (TPSA) is 168 Å². The van der Waals surface area contributed by atoms with E-state index < -0.39 is 70.9 Å². The molecule has 401 valence electrons. The summed E-state index contributed by atoms with van der Waals surface area (Å²) in [4.78, 5) is 46.5. The van der Waals surface area contributed by atoms with Crippen LogP contribution < -0.4 is 29.9 Å². The summed E-state index contributed by atoms with van der Waals surface area (Å²) in [6, 6.07) is 24.2. The van der Waals surface area contributed by atoms with Gasteiger partial charge >= 0.3 is 64.6 Å². The minimum absolute atomic E-state index is 0. The second kappa shape index (κ2) is 31.2. The number of aryl methyl sites for hydroxylation is 1. The molecule has 27 heteroatoms. The van der Waals surface area contributed by atoms with Crippen LogP contribution in [0.25, 0.3) is 12.2 Å². The second-order valence-corrected chi connectivity index (χ2v) is 17.8. The van der Waals surface area contributed by atoms with Crippen LogP contribution in [0.2, 0.25) is 0 Å². The van der Waals surface area contributed by atoms with Crippen molar-refractivity contribution in [3.8, 4) is 0 Å². The third kappa shape index (κ3) is 25.9. The number of anilines is 1. The van der Waals surface area contributed by atoms with E-state index in [2.05, 4.69) is 79.9 Å². The summed E-state index contributed by atoms with van der Waals surface area (Å²) in [5.74, 6) is -12.2. The fourth-order valence-electron chi connectivity index (χ4n) is 4.46. The molecule has 10 nitrogen and oxygen atoms in total. The van der Waals surface area contributed by atoms with Crippen molar-refractivity contribution in [2.45, 2.75) is 24.7 Å². The Labute approximate surface area is 467 Å². The Bertz CT molecular complexity index is 2560. The van der Waals surface area contributed by atoms with Gasteiger partial charge in [0.05, 0.1) is 19.5 Å². The first-order chi connectivity index (χ1) is 34.3. The third-order valence-corrected chi connectivity index (χ3v) is 11.6. The summed E-state index contributed by atoms with van der Waals surface area (Å²) in [5, 5.41) is 47.7. The van der Waals surface area contributed by atoms with E-state index in [0.717, 1.165) is 45.3 Å². The number of hydrogen-bond donors (Lipinski definition) is 0. The first-order valence-electron chi connectivity index (χ1n) is 19.8. The minimum atomic E-state index is -4.98. The van der Waals surface area contributed by atoms with Crippen molar-refractivity contribution in [1.82, 2.24) is 0 Å². The number of halogens is 12. The van der Waals surface area contributed by atoms with Gasteiger partial charge in [-0.1, -0.05) is 48.6 Å². The number of hydrogen-bond acceptors (Lipinski definition) is 13. The summed E-state index contributed by atoms with van der Waals surface area (Å²) < 4.78 is 143. The van der Waals surface area contributed by atoms with Gasteiger partial charge in [0, 0.05) is 31.9 Å². The van der Waals surface area contributed by atoms with E-state index in [9.17, 15) is 92.3 Å². The maximum absolute atomic E-state index is 11.7. The van der Waals surface area contributed by atoms with Gasteiger partial charge < -0.3 is 25.3 Å². The molecule has 0 N–H and O–H groups in total. The molecule has 0 bridgehead atoms. The molecular weight excluding hydrogens is 1250 g/mol. The largest absolute Gasteiger partial charge is 3.00 e. The van der Waals surface area contributed by atoms with Gasteiger partial charge in [0.1, 0.15) is 7.05 Å². The molecule has 0 saturated carbocycles. The third-order valence-electron chi connectivity index (χ3n) is 8.10. The number of allylic oxidation sites excluding steroid dienone is 8. The van der Waals surface area contributed by atoms with Crippen LogP contribution in [0.1, 0.15) is 49.8 Å². The molecule has 5 heterocycles. The van der Waals surface area contributed by atoms with E-state index in [4.69, 9.17) is 0 Å². The molecule has 1 radical (unpaired) electrons. The summed E-state index contributed by atoms with van der Waals surface area (Å²) in [6.45, 7) is 0. The molecule has 6 aromatic rings. The van der Waals surface area contributed by atoms with Crippen LogP contribution in [0.4, 0.5) is 58.4 Å². The summed E-state index contributed by atoms with van der Waals surface area (Å²) in [6.07, 6.45) is -11.3. The minimum Gasteiger partial charge on any atom is -0.869 e. The maximum atomic E-state index is 11.7. The van der Waals surface area contributed by atoms with Gasteiger partial charge in [-0.2, -0.15) is 52.7 Å². The molecule has 75 heavy (non-hydrogen) atoms. The van der Waals surface area contributed by atoms with Crippen molar-refractivity contribution in [1.29, 1.82) is 0 Å². The zero-order valence-corrected chi connectivity index (χ0v) is 43.7. The Kier molecular flexibility index (Phi) is 27.9. The molecule has 0 saturated heterocycles. The smallest absolute Gasteiger partial charge is 0.869 e. The van der Waals surface area contributed by atoms with E-state index >= 15 is 0 Å². The average molecular weight is 1280 g/mol. The first kappa shape index (κ1) is 67.0. The molecule has 0 fully saturated rings. The van der Waals surface area contributed by atoms with Crippen LogP contribution in [0, 0.1) is 39.9 Å². The number of carbonyl (C=O) groups excluding carboxylic acids is 4. The van der Waals surface area contributed by atoms with Crippen LogP contribution in [-0.4, -0.2) is 61.9 Å². The maximum Gasteiger partial charge on any atom is 3.00 e. The number of ketones is 4. The van der Waals surface area contributed by atoms with E-state index in [1.165, 1.54) is 65.3 Å². The van der Waals surface area contributed by atoms with Crippen molar-refractivity contribution >= 4 is 86.3 Å².